The minimum Gasteiger partial charge on any atom is -0.508 e. The predicted molar refractivity (Wildman–Crippen MR) is 176 cm³/mol. The topological polar surface area (TPSA) is 247 Å². The van der Waals surface area contributed by atoms with Gasteiger partial charge in [0, 0.05) is 6.42 Å². The first-order valence-corrected chi connectivity index (χ1v) is 16.4. The summed E-state index contributed by atoms with van der Waals surface area (Å²) in [7, 11) is 0. The lowest BCUT2D eigenvalue weighted by molar-refractivity contribution is -0.161. The Morgan fingerprint density at radius 2 is 1.42 bits per heavy atom. The molecule has 0 aromatic heterocycles. The number of carbonyl (C=O) groups is 5. The van der Waals surface area contributed by atoms with Crippen LogP contribution in [0.2, 0.25) is 0 Å². The number of aliphatic hydroxyl groups excluding tert-OH is 4. The Morgan fingerprint density at radius 1 is 0.780 bits per heavy atom. The summed E-state index contributed by atoms with van der Waals surface area (Å²) in [5, 5.41) is 63.5. The lowest BCUT2D eigenvalue weighted by Crippen LogP contribution is -2.58. The molecule has 50 heavy (non-hydrogen) atoms. The third-order valence-corrected chi connectivity index (χ3v) is 8.48. The average Bonchev–Trinajstić information content (AvgIpc) is 3.38. The van der Waals surface area contributed by atoms with Gasteiger partial charge in [0.15, 0.2) is 0 Å². The number of carbonyl (C=O) groups excluding carboxylic acids is 5. The molecule has 2 aliphatic rings. The van der Waals surface area contributed by atoms with Gasteiger partial charge in [0.1, 0.15) is 61.6 Å². The molecule has 9 N–H and O–H groups in total. The molecule has 0 aliphatic carbocycles. The molecule has 2 heterocycles. The van der Waals surface area contributed by atoms with Gasteiger partial charge in [-0.2, -0.15) is 0 Å². The second-order valence-electron chi connectivity index (χ2n) is 12.9. The number of phenols is 1. The number of phenolic OH excluding ortho intramolecular Hbond substituents is 1. The van der Waals surface area contributed by atoms with Gasteiger partial charge in [-0.25, -0.2) is 4.79 Å². The zero-order chi connectivity index (χ0) is 36.5. The number of cyclic esters (lactones) is 1. The summed E-state index contributed by atoms with van der Waals surface area (Å²) in [5.74, 6) is -3.99. The minimum atomic E-state index is -2.11. The van der Waals surface area contributed by atoms with Crippen LogP contribution >= 0.6 is 0 Å². The molecule has 16 nitrogen and oxygen atoms in total. The Morgan fingerprint density at radius 3 is 2.08 bits per heavy atom. The third-order valence-electron chi connectivity index (χ3n) is 8.48. The maximum absolute atomic E-state index is 13.5. The van der Waals surface area contributed by atoms with Gasteiger partial charge < -0.3 is 51.1 Å². The number of esters is 1. The first-order chi connectivity index (χ1) is 23.7. The van der Waals surface area contributed by atoms with E-state index < -0.39 is 98.0 Å². The van der Waals surface area contributed by atoms with E-state index in [4.69, 9.17) is 4.74 Å². The van der Waals surface area contributed by atoms with Crippen LogP contribution in [0.4, 0.5) is 0 Å². The first-order valence-electron chi connectivity index (χ1n) is 16.4. The van der Waals surface area contributed by atoms with E-state index in [0.29, 0.717) is 11.1 Å². The van der Waals surface area contributed by atoms with Crippen LogP contribution in [-0.4, -0.2) is 128 Å². The Balaban J connectivity index is 1.61. The number of nitrogens with one attached hydrogen (secondary N) is 4. The van der Waals surface area contributed by atoms with Crippen molar-refractivity contribution in [3.8, 4) is 5.75 Å². The van der Waals surface area contributed by atoms with E-state index >= 15 is 0 Å². The summed E-state index contributed by atoms with van der Waals surface area (Å²) >= 11 is 0. The number of aromatic hydroxyl groups is 1. The fourth-order valence-electron chi connectivity index (χ4n) is 5.81. The number of amides is 4. The fourth-order valence-corrected chi connectivity index (χ4v) is 5.81. The largest absolute Gasteiger partial charge is 0.508 e. The Hall–Kier alpha value is -4.61. The zero-order valence-corrected chi connectivity index (χ0v) is 27.8. The van der Waals surface area contributed by atoms with E-state index in [-0.39, 0.29) is 30.9 Å². The van der Waals surface area contributed by atoms with Crippen LogP contribution in [0.5, 0.6) is 5.75 Å². The molecule has 2 aromatic carbocycles. The highest BCUT2D eigenvalue weighted by Gasteiger charge is 2.47. The van der Waals surface area contributed by atoms with E-state index in [0.717, 1.165) is 4.90 Å². The number of benzene rings is 2. The number of hydrogen-bond acceptors (Lipinski definition) is 12. The van der Waals surface area contributed by atoms with E-state index in [9.17, 15) is 49.5 Å². The number of nitrogens with zero attached hydrogens (tertiary/aromatic N) is 1. The second kappa shape index (κ2) is 17.4. The zero-order valence-electron chi connectivity index (χ0n) is 27.8. The molecular weight excluding hydrogens is 654 g/mol. The number of fused-ring (bicyclic) bond motifs is 1. The van der Waals surface area contributed by atoms with Gasteiger partial charge in [0.25, 0.3) is 0 Å². The van der Waals surface area contributed by atoms with E-state index in [1.54, 1.807) is 56.3 Å². The van der Waals surface area contributed by atoms with Crippen LogP contribution in [0.25, 0.3) is 0 Å². The smallest absolute Gasteiger partial charge is 0.328 e. The van der Waals surface area contributed by atoms with Gasteiger partial charge in [-0.3, -0.25) is 24.5 Å². The highest BCUT2D eigenvalue weighted by molar-refractivity contribution is 5.93. The quantitative estimate of drug-likeness (QED) is 0.141. The molecule has 8 atom stereocenters. The van der Waals surface area contributed by atoms with Crippen LogP contribution in [0, 0.1) is 5.92 Å². The number of rotatable bonds is 6. The summed E-state index contributed by atoms with van der Waals surface area (Å²) in [4.78, 5) is 67.2. The molecule has 16 heteroatoms. The van der Waals surface area contributed by atoms with Gasteiger partial charge in [0.05, 0.1) is 12.6 Å². The van der Waals surface area contributed by atoms with Crippen LogP contribution < -0.4 is 21.3 Å². The standard InChI is InChI=1S/C34H45N5O11/c1-18(2)12-24-34(49)50-17-25(41)28(44)29(45)30(46)31-37-23(14-20-8-10-21(40)11-9-20)33(48)39(31)16-27(43)35-15-26(42)36-22(32(47)38-24)13-19-6-4-3-5-7-19/h3-11,18,22-25,28-31,37,40-41,44-46H,12-17H2,1-2H3,(H,35,43)(H,36,42)(H,38,47)/t22-,23-,24-,25+,28+,29-,30+,31+/m0/s1. The van der Waals surface area contributed by atoms with Gasteiger partial charge in [-0.1, -0.05) is 56.3 Å². The number of aliphatic hydroxyl groups is 4. The molecule has 272 valence electrons. The molecule has 2 saturated heterocycles. The minimum absolute atomic E-state index is 0.00452. The summed E-state index contributed by atoms with van der Waals surface area (Å²) < 4.78 is 5.22. The second-order valence-corrected chi connectivity index (χ2v) is 12.9. The van der Waals surface area contributed by atoms with Crippen molar-refractivity contribution >= 4 is 29.6 Å². The fraction of sp³-hybridized carbons (Fsp3) is 0.500. The normalized spacial score (nSPS) is 29.2. The summed E-state index contributed by atoms with van der Waals surface area (Å²) in [5.41, 5.74) is 1.31. The third kappa shape index (κ3) is 10.2. The van der Waals surface area contributed by atoms with Crippen LogP contribution in [0.1, 0.15) is 31.4 Å². The molecule has 4 rings (SSSR count). The van der Waals surface area contributed by atoms with Crippen molar-refractivity contribution in [2.45, 2.75) is 81.8 Å². The first kappa shape index (κ1) is 38.2. The van der Waals surface area contributed by atoms with Crippen molar-refractivity contribution in [3.05, 3.63) is 65.7 Å². The van der Waals surface area contributed by atoms with Crippen molar-refractivity contribution in [3.63, 3.8) is 0 Å². The van der Waals surface area contributed by atoms with Gasteiger partial charge in [0.2, 0.25) is 23.6 Å². The number of hydrogen-bond donors (Lipinski definition) is 9. The van der Waals surface area contributed by atoms with Crippen molar-refractivity contribution < 1.29 is 54.2 Å². The van der Waals surface area contributed by atoms with Crippen molar-refractivity contribution in [2.24, 2.45) is 5.92 Å². The molecule has 0 radical (unpaired) electrons. The highest BCUT2D eigenvalue weighted by atomic mass is 16.5. The van der Waals surface area contributed by atoms with E-state index in [2.05, 4.69) is 21.3 Å². The summed E-state index contributed by atoms with van der Waals surface area (Å²) in [6, 6.07) is 11.4. The van der Waals surface area contributed by atoms with Crippen LogP contribution in [-0.2, 0) is 41.6 Å². The maximum atomic E-state index is 13.5. The molecule has 0 bridgehead atoms. The molecule has 2 aliphatic heterocycles. The Kier molecular flexibility index (Phi) is 13.3. The van der Waals surface area contributed by atoms with E-state index in [1.165, 1.54) is 12.1 Å². The lowest BCUT2D eigenvalue weighted by Gasteiger charge is -2.33. The monoisotopic (exact) mass is 699 g/mol. The van der Waals surface area contributed by atoms with Crippen molar-refractivity contribution in [1.82, 2.24) is 26.2 Å². The van der Waals surface area contributed by atoms with Gasteiger partial charge in [-0.15, -0.1) is 0 Å². The average molecular weight is 700 g/mol. The Labute approximate surface area is 288 Å². The molecule has 4 amide bonds. The number of ether oxygens (including phenoxy) is 1. The maximum Gasteiger partial charge on any atom is 0.328 e. The summed E-state index contributed by atoms with van der Waals surface area (Å²) in [6.07, 6.45) is -9.30. The predicted octanol–water partition coefficient (Wildman–Crippen LogP) is -2.56. The van der Waals surface area contributed by atoms with E-state index in [1.807, 2.05) is 0 Å². The highest BCUT2D eigenvalue weighted by Crippen LogP contribution is 2.22. The van der Waals surface area contributed by atoms with Gasteiger partial charge >= 0.3 is 5.97 Å². The van der Waals surface area contributed by atoms with Gasteiger partial charge in [-0.05, 0) is 42.0 Å². The molecule has 0 unspecified atom stereocenters. The van der Waals surface area contributed by atoms with Crippen LogP contribution in [0.3, 0.4) is 0 Å². The molecular formula is C34H45N5O11. The molecule has 0 spiro atoms. The summed E-state index contributed by atoms with van der Waals surface area (Å²) in [6.45, 7) is 1.50. The SMILES string of the molecule is CC(C)C[C@@H]1NC(=O)[C@H](Cc2ccccc2)NC(=O)CNC(=O)CN2C(=O)[C@H](Cc3ccc(O)cc3)N[C@H]2[C@H](O)[C@@H](O)[C@H](O)[C@H](O)COC1=O. The molecule has 0 saturated carbocycles. The van der Waals surface area contributed by atoms with Crippen LogP contribution in [0.15, 0.2) is 54.6 Å². The van der Waals surface area contributed by atoms with Crippen molar-refractivity contribution in [1.29, 1.82) is 0 Å². The molecule has 2 aromatic rings. The molecule has 2 fully saturated rings. The Bertz CT molecular complexity index is 1490. The van der Waals surface area contributed by atoms with Crippen molar-refractivity contribution in [2.75, 3.05) is 19.7 Å². The lowest BCUT2D eigenvalue weighted by atomic mass is 10.0.